The Morgan fingerprint density at radius 1 is 1.38 bits per heavy atom. The normalized spacial score (nSPS) is 13.0. The molecule has 3 nitrogen and oxygen atoms in total. The molecule has 0 unspecified atom stereocenters. The Hall–Kier alpha value is -1.61. The van der Waals surface area contributed by atoms with Crippen molar-refractivity contribution in [2.75, 3.05) is 0 Å². The quantitative estimate of drug-likeness (QED) is 0.727. The summed E-state index contributed by atoms with van der Waals surface area (Å²) in [4.78, 5) is 10.3. The number of carboxylic acid groups (broad SMARTS) is 1. The van der Waals surface area contributed by atoms with Gasteiger partial charge in [-0.05, 0) is 5.56 Å². The number of hydrogen-bond acceptors (Lipinski definition) is 2. The first-order valence-corrected chi connectivity index (χ1v) is 3.92. The third kappa shape index (κ3) is 3.09. The van der Waals surface area contributed by atoms with Crippen LogP contribution in [-0.4, -0.2) is 17.1 Å². The second-order valence-electron chi connectivity index (χ2n) is 2.63. The molecular weight excluding hydrogens is 166 g/mol. The summed E-state index contributed by atoms with van der Waals surface area (Å²) in [6, 6.07) is 8.49. The van der Waals surface area contributed by atoms with Crippen LogP contribution in [0.2, 0.25) is 0 Å². The van der Waals surface area contributed by atoms with Crippen molar-refractivity contribution in [1.82, 2.24) is 0 Å². The van der Waals surface area contributed by atoms with Gasteiger partial charge in [0.05, 0.1) is 0 Å². The third-order valence-electron chi connectivity index (χ3n) is 1.58. The lowest BCUT2D eigenvalue weighted by Crippen LogP contribution is -2.27. The molecule has 1 atom stereocenters. The second-order valence-corrected chi connectivity index (χ2v) is 2.63. The molecule has 0 aromatic heterocycles. The zero-order chi connectivity index (χ0) is 9.68. The van der Waals surface area contributed by atoms with E-state index in [1.807, 2.05) is 30.3 Å². The van der Waals surface area contributed by atoms with Gasteiger partial charge in [0.1, 0.15) is 6.04 Å². The van der Waals surface area contributed by atoms with Crippen LogP contribution in [0.1, 0.15) is 5.56 Å². The number of carbonyl (C=O) groups is 1. The fourth-order valence-corrected chi connectivity index (χ4v) is 0.861. The SMILES string of the molecule is N[C@H](C=Cc1ccccc1)C(=O)O. The number of carboxylic acids is 1. The van der Waals surface area contributed by atoms with E-state index in [1.54, 1.807) is 6.08 Å². The summed E-state index contributed by atoms with van der Waals surface area (Å²) in [5.41, 5.74) is 6.22. The van der Waals surface area contributed by atoms with Gasteiger partial charge in [-0.2, -0.15) is 0 Å². The molecule has 0 radical (unpaired) electrons. The summed E-state index contributed by atoms with van der Waals surface area (Å²) in [6.45, 7) is 0. The number of benzene rings is 1. The first kappa shape index (κ1) is 9.48. The van der Waals surface area contributed by atoms with Crippen molar-refractivity contribution in [3.63, 3.8) is 0 Å². The highest BCUT2D eigenvalue weighted by Gasteiger charge is 2.04. The second kappa shape index (κ2) is 4.42. The molecule has 13 heavy (non-hydrogen) atoms. The van der Waals surface area contributed by atoms with Gasteiger partial charge in [-0.1, -0.05) is 42.5 Å². The summed E-state index contributed by atoms with van der Waals surface area (Å²) < 4.78 is 0. The first-order chi connectivity index (χ1) is 6.20. The molecule has 3 heteroatoms. The molecular formula is C10H11NO2. The predicted octanol–water partition coefficient (Wildman–Crippen LogP) is 1.11. The minimum Gasteiger partial charge on any atom is -0.480 e. The van der Waals surface area contributed by atoms with E-state index in [0.29, 0.717) is 0 Å². The van der Waals surface area contributed by atoms with Crippen molar-refractivity contribution in [2.45, 2.75) is 6.04 Å². The van der Waals surface area contributed by atoms with E-state index in [9.17, 15) is 4.79 Å². The van der Waals surface area contributed by atoms with E-state index < -0.39 is 12.0 Å². The maximum absolute atomic E-state index is 10.3. The Balaban J connectivity index is 2.64. The largest absolute Gasteiger partial charge is 0.480 e. The number of aliphatic carboxylic acids is 1. The van der Waals surface area contributed by atoms with Crippen LogP contribution >= 0.6 is 0 Å². The van der Waals surface area contributed by atoms with Gasteiger partial charge in [-0.15, -0.1) is 0 Å². The molecule has 0 heterocycles. The standard InChI is InChI=1S/C10H11NO2/c11-9(10(12)13)7-6-8-4-2-1-3-5-8/h1-7,9H,11H2,(H,12,13)/t9-/m1/s1. The molecule has 0 bridgehead atoms. The zero-order valence-corrected chi connectivity index (χ0v) is 7.05. The van der Waals surface area contributed by atoms with Crippen LogP contribution in [0.4, 0.5) is 0 Å². The minimum absolute atomic E-state index is 0.930. The topological polar surface area (TPSA) is 63.3 Å². The van der Waals surface area contributed by atoms with Crippen molar-refractivity contribution in [3.05, 3.63) is 42.0 Å². The smallest absolute Gasteiger partial charge is 0.324 e. The molecule has 1 aromatic rings. The van der Waals surface area contributed by atoms with E-state index in [2.05, 4.69) is 0 Å². The van der Waals surface area contributed by atoms with Crippen molar-refractivity contribution in [2.24, 2.45) is 5.73 Å². The molecule has 0 saturated heterocycles. The summed E-state index contributed by atoms with van der Waals surface area (Å²) in [7, 11) is 0. The van der Waals surface area contributed by atoms with Gasteiger partial charge < -0.3 is 10.8 Å². The average molecular weight is 177 g/mol. The number of rotatable bonds is 3. The van der Waals surface area contributed by atoms with E-state index in [4.69, 9.17) is 10.8 Å². The highest BCUT2D eigenvalue weighted by molar-refractivity contribution is 5.77. The maximum atomic E-state index is 10.3. The van der Waals surface area contributed by atoms with E-state index >= 15 is 0 Å². The lowest BCUT2D eigenvalue weighted by molar-refractivity contribution is -0.137. The van der Waals surface area contributed by atoms with Crippen LogP contribution in [0.5, 0.6) is 0 Å². The highest BCUT2D eigenvalue weighted by Crippen LogP contribution is 2.01. The van der Waals surface area contributed by atoms with Crippen LogP contribution in [0.15, 0.2) is 36.4 Å². The zero-order valence-electron chi connectivity index (χ0n) is 7.05. The van der Waals surface area contributed by atoms with Gasteiger partial charge in [-0.3, -0.25) is 4.79 Å². The molecule has 0 aliphatic heterocycles. The molecule has 0 saturated carbocycles. The Kier molecular flexibility index (Phi) is 3.23. The molecule has 0 aliphatic rings. The fraction of sp³-hybridized carbons (Fsp3) is 0.100. The molecule has 0 spiro atoms. The first-order valence-electron chi connectivity index (χ1n) is 3.92. The molecule has 1 aromatic carbocycles. The van der Waals surface area contributed by atoms with E-state index in [-0.39, 0.29) is 0 Å². The molecule has 0 fully saturated rings. The number of hydrogen-bond donors (Lipinski definition) is 2. The molecule has 1 rings (SSSR count). The van der Waals surface area contributed by atoms with Gasteiger partial charge in [0.25, 0.3) is 0 Å². The molecule has 3 N–H and O–H groups in total. The number of nitrogens with two attached hydrogens (primary N) is 1. The van der Waals surface area contributed by atoms with Crippen LogP contribution < -0.4 is 5.73 Å². The Morgan fingerprint density at radius 2 is 2.00 bits per heavy atom. The molecule has 0 amide bonds. The lowest BCUT2D eigenvalue weighted by atomic mass is 10.2. The van der Waals surface area contributed by atoms with Gasteiger partial charge in [-0.25, -0.2) is 0 Å². The van der Waals surface area contributed by atoms with Crippen LogP contribution in [0.3, 0.4) is 0 Å². The van der Waals surface area contributed by atoms with Gasteiger partial charge in [0.15, 0.2) is 0 Å². The van der Waals surface area contributed by atoms with Crippen molar-refractivity contribution >= 4 is 12.0 Å². The fourth-order valence-electron chi connectivity index (χ4n) is 0.861. The summed E-state index contributed by atoms with van der Waals surface area (Å²) in [6.07, 6.45) is 3.15. The van der Waals surface area contributed by atoms with Crippen molar-refractivity contribution in [3.8, 4) is 0 Å². The average Bonchev–Trinajstić information content (AvgIpc) is 2.15. The Morgan fingerprint density at radius 3 is 2.54 bits per heavy atom. The Labute approximate surface area is 76.5 Å². The molecule has 0 aliphatic carbocycles. The third-order valence-corrected chi connectivity index (χ3v) is 1.58. The van der Waals surface area contributed by atoms with Gasteiger partial charge in [0, 0.05) is 0 Å². The monoisotopic (exact) mass is 177 g/mol. The van der Waals surface area contributed by atoms with E-state index in [1.165, 1.54) is 6.08 Å². The Bertz CT molecular complexity index is 306. The summed E-state index contributed by atoms with van der Waals surface area (Å²) >= 11 is 0. The summed E-state index contributed by atoms with van der Waals surface area (Å²) in [5.74, 6) is -1.02. The summed E-state index contributed by atoms with van der Waals surface area (Å²) in [5, 5.41) is 8.48. The maximum Gasteiger partial charge on any atom is 0.324 e. The van der Waals surface area contributed by atoms with E-state index in [0.717, 1.165) is 5.56 Å². The van der Waals surface area contributed by atoms with Crippen LogP contribution in [0.25, 0.3) is 6.08 Å². The van der Waals surface area contributed by atoms with Crippen molar-refractivity contribution in [1.29, 1.82) is 0 Å². The van der Waals surface area contributed by atoms with Crippen LogP contribution in [0, 0.1) is 0 Å². The van der Waals surface area contributed by atoms with Gasteiger partial charge >= 0.3 is 5.97 Å². The highest BCUT2D eigenvalue weighted by atomic mass is 16.4. The molecule has 68 valence electrons. The van der Waals surface area contributed by atoms with Crippen LogP contribution in [-0.2, 0) is 4.79 Å². The lowest BCUT2D eigenvalue weighted by Gasteiger charge is -1.97. The minimum atomic E-state index is -1.02. The predicted molar refractivity (Wildman–Crippen MR) is 51.1 cm³/mol. The van der Waals surface area contributed by atoms with Crippen molar-refractivity contribution < 1.29 is 9.90 Å². The van der Waals surface area contributed by atoms with Gasteiger partial charge in [0.2, 0.25) is 0 Å².